The SMILES string of the molecule is CCCCCN1C/C=C\CCC(=O)N(C)[C@H](C)[C@@H](c2ccccc2)OC(=O)[C@@H]2[C@H]3O[C@@]4(C=C3Br)[C@H](C1=O)N([C@H](C)CO)C(=O)[C@@H]24. The van der Waals surface area contributed by atoms with Crippen LogP contribution in [0.5, 0.6) is 0 Å². The van der Waals surface area contributed by atoms with Gasteiger partial charge in [-0.25, -0.2) is 0 Å². The summed E-state index contributed by atoms with van der Waals surface area (Å²) in [7, 11) is 1.71. The Kier molecular flexibility index (Phi) is 10.2. The summed E-state index contributed by atoms with van der Waals surface area (Å²) in [5, 5.41) is 10.2. The summed E-state index contributed by atoms with van der Waals surface area (Å²) in [5.74, 6) is -3.51. The third-order valence-corrected chi connectivity index (χ3v) is 10.5. The third kappa shape index (κ3) is 5.99. The van der Waals surface area contributed by atoms with Crippen LogP contribution in [-0.4, -0.2) is 100 Å². The molecular formula is C34H44BrN3O7. The van der Waals surface area contributed by atoms with Crippen LogP contribution >= 0.6 is 15.9 Å². The van der Waals surface area contributed by atoms with Crippen LogP contribution in [0.15, 0.2) is 53.0 Å². The first kappa shape index (κ1) is 33.3. The normalized spacial score (nSPS) is 33.7. The minimum absolute atomic E-state index is 0.0971. The van der Waals surface area contributed by atoms with Crippen LogP contribution in [0.1, 0.15) is 64.5 Å². The van der Waals surface area contributed by atoms with E-state index >= 15 is 0 Å². The molecule has 4 aliphatic rings. The Morgan fingerprint density at radius 3 is 2.49 bits per heavy atom. The molecule has 8 atom stereocenters. The number of likely N-dealkylation sites (tertiary alicyclic amines) is 1. The number of unbranched alkanes of at least 4 members (excludes halogenated alkanes) is 2. The standard InChI is InChI=1S/C34H44BrN3O7/c1-5-6-12-17-37-18-13-8-11-16-25(40)36(4)22(3)28(23-14-9-7-10-15-23)44-33(43)26-27-31(41)38(21(2)20-39)30(32(37)42)34(27)19-24(35)29(26)45-34/h7-10,13-15,19,21-22,26-30,39H,5-6,11-12,16-18,20H2,1-4H3/b13-8-/t21-,22-,26+,27-,28+,29+,30+,34-/m1/s1. The molecule has 244 valence electrons. The van der Waals surface area contributed by atoms with E-state index in [1.165, 1.54) is 4.90 Å². The van der Waals surface area contributed by atoms with Crippen LogP contribution in [0.25, 0.3) is 0 Å². The predicted octanol–water partition coefficient (Wildman–Crippen LogP) is 3.74. The molecule has 0 aromatic heterocycles. The van der Waals surface area contributed by atoms with E-state index in [9.17, 15) is 24.3 Å². The molecule has 0 radical (unpaired) electrons. The van der Waals surface area contributed by atoms with E-state index in [2.05, 4.69) is 22.9 Å². The molecule has 4 aliphatic heterocycles. The number of carbonyl (C=O) groups excluding carboxylic acids is 4. The van der Waals surface area contributed by atoms with Gasteiger partial charge in [0, 0.05) is 31.0 Å². The van der Waals surface area contributed by atoms with Gasteiger partial charge >= 0.3 is 5.97 Å². The van der Waals surface area contributed by atoms with Crippen molar-refractivity contribution >= 4 is 39.6 Å². The molecule has 1 aromatic rings. The smallest absolute Gasteiger partial charge is 0.313 e. The molecule has 0 aliphatic carbocycles. The van der Waals surface area contributed by atoms with E-state index < -0.39 is 59.6 Å². The zero-order chi connectivity index (χ0) is 32.5. The fraction of sp³-hybridized carbons (Fsp3) is 0.588. The number of aliphatic hydroxyl groups excluding tert-OH is 1. The number of allylic oxidation sites excluding steroid dienone is 1. The van der Waals surface area contributed by atoms with Crippen molar-refractivity contribution in [3.05, 3.63) is 58.6 Å². The fourth-order valence-corrected chi connectivity index (χ4v) is 7.95. The van der Waals surface area contributed by atoms with Crippen LogP contribution in [0, 0.1) is 11.8 Å². The van der Waals surface area contributed by atoms with Crippen molar-refractivity contribution in [1.29, 1.82) is 0 Å². The van der Waals surface area contributed by atoms with Gasteiger partial charge in [-0.15, -0.1) is 0 Å². The van der Waals surface area contributed by atoms with Gasteiger partial charge in [-0.1, -0.05) is 78.2 Å². The van der Waals surface area contributed by atoms with Crippen LogP contribution in [0.2, 0.25) is 0 Å². The average molecular weight is 687 g/mol. The Hall–Kier alpha value is -3.02. The van der Waals surface area contributed by atoms with E-state index in [-0.39, 0.29) is 24.8 Å². The number of hydrogen-bond donors (Lipinski definition) is 1. The highest BCUT2D eigenvalue weighted by Crippen LogP contribution is 2.59. The van der Waals surface area contributed by atoms with Crippen molar-refractivity contribution in [1.82, 2.24) is 14.7 Å². The minimum atomic E-state index is -1.41. The molecule has 2 fully saturated rings. The van der Waals surface area contributed by atoms with Gasteiger partial charge in [-0.05, 0) is 38.3 Å². The largest absolute Gasteiger partial charge is 0.455 e. The number of carbonyl (C=O) groups is 4. The van der Waals surface area contributed by atoms with Gasteiger partial charge in [0.05, 0.1) is 24.6 Å². The number of ether oxygens (including phenoxy) is 2. The molecule has 45 heavy (non-hydrogen) atoms. The van der Waals surface area contributed by atoms with E-state index in [0.717, 1.165) is 19.3 Å². The maximum Gasteiger partial charge on any atom is 0.313 e. The Morgan fingerprint density at radius 1 is 1.07 bits per heavy atom. The van der Waals surface area contributed by atoms with Gasteiger partial charge in [0.2, 0.25) is 17.7 Å². The summed E-state index contributed by atoms with van der Waals surface area (Å²) in [6.45, 7) is 6.04. The lowest BCUT2D eigenvalue weighted by atomic mass is 9.74. The highest BCUT2D eigenvalue weighted by Gasteiger charge is 2.75. The van der Waals surface area contributed by atoms with Crippen molar-refractivity contribution in [2.24, 2.45) is 11.8 Å². The van der Waals surface area contributed by atoms with Gasteiger partial charge in [0.15, 0.2) is 0 Å². The lowest BCUT2D eigenvalue weighted by Crippen LogP contribution is -2.58. The molecule has 4 heterocycles. The zero-order valence-corrected chi connectivity index (χ0v) is 28.0. The van der Waals surface area contributed by atoms with Crippen molar-refractivity contribution in [3.8, 4) is 0 Å². The number of nitrogens with zero attached hydrogens (tertiary/aromatic N) is 3. The second kappa shape index (κ2) is 13.8. The summed E-state index contributed by atoms with van der Waals surface area (Å²) in [6.07, 6.45) is 7.37. The quantitative estimate of drug-likeness (QED) is 0.264. The predicted molar refractivity (Wildman–Crippen MR) is 171 cm³/mol. The van der Waals surface area contributed by atoms with Crippen LogP contribution < -0.4 is 0 Å². The molecule has 1 aromatic carbocycles. The van der Waals surface area contributed by atoms with Gasteiger partial charge in [0.1, 0.15) is 29.8 Å². The lowest BCUT2D eigenvalue weighted by Gasteiger charge is -2.37. The average Bonchev–Trinajstić information content (AvgIpc) is 3.64. The van der Waals surface area contributed by atoms with Crippen molar-refractivity contribution in [3.63, 3.8) is 0 Å². The van der Waals surface area contributed by atoms with Crippen LogP contribution in [0.3, 0.4) is 0 Å². The molecule has 1 spiro atoms. The van der Waals surface area contributed by atoms with Crippen molar-refractivity contribution in [2.75, 3.05) is 26.7 Å². The lowest BCUT2D eigenvalue weighted by molar-refractivity contribution is -0.164. The zero-order valence-electron chi connectivity index (χ0n) is 26.4. The first-order valence-electron chi connectivity index (χ1n) is 16.0. The number of amides is 3. The number of cyclic esters (lactones) is 1. The fourth-order valence-electron chi connectivity index (χ4n) is 7.21. The highest BCUT2D eigenvalue weighted by atomic mass is 79.9. The maximum absolute atomic E-state index is 14.6. The summed E-state index contributed by atoms with van der Waals surface area (Å²) >= 11 is 3.59. The topological polar surface area (TPSA) is 117 Å². The molecule has 11 heteroatoms. The number of benzene rings is 1. The van der Waals surface area contributed by atoms with E-state index in [0.29, 0.717) is 29.6 Å². The molecule has 5 bridgehead atoms. The number of esters is 1. The third-order valence-electron chi connectivity index (χ3n) is 9.78. The maximum atomic E-state index is 14.6. The molecule has 10 nitrogen and oxygen atoms in total. The number of hydrogen-bond acceptors (Lipinski definition) is 7. The summed E-state index contributed by atoms with van der Waals surface area (Å²) in [6, 6.07) is 6.98. The molecule has 0 saturated carbocycles. The Morgan fingerprint density at radius 2 is 1.80 bits per heavy atom. The second-order valence-electron chi connectivity index (χ2n) is 12.6. The number of likely N-dealkylation sites (N-methyl/N-ethyl adjacent to an activating group) is 1. The summed E-state index contributed by atoms with van der Waals surface area (Å²) in [5.41, 5.74) is -0.695. The van der Waals surface area contributed by atoms with E-state index in [1.807, 2.05) is 49.4 Å². The van der Waals surface area contributed by atoms with Gasteiger partial charge in [0.25, 0.3) is 0 Å². The van der Waals surface area contributed by atoms with Gasteiger partial charge < -0.3 is 29.3 Å². The minimum Gasteiger partial charge on any atom is -0.455 e. The Balaban J connectivity index is 1.61. The molecular weight excluding hydrogens is 642 g/mol. The van der Waals surface area contributed by atoms with Crippen molar-refractivity contribution < 1.29 is 33.8 Å². The molecule has 5 rings (SSSR count). The van der Waals surface area contributed by atoms with Gasteiger partial charge in [-0.3, -0.25) is 19.2 Å². The van der Waals surface area contributed by atoms with Gasteiger partial charge in [-0.2, -0.15) is 0 Å². The molecule has 0 unspecified atom stereocenters. The Bertz CT molecular complexity index is 1350. The second-order valence-corrected chi connectivity index (χ2v) is 13.5. The van der Waals surface area contributed by atoms with Crippen LogP contribution in [0.4, 0.5) is 0 Å². The molecule has 1 N–H and O–H groups in total. The first-order chi connectivity index (χ1) is 21.6. The van der Waals surface area contributed by atoms with E-state index in [4.69, 9.17) is 9.47 Å². The molecule has 3 amide bonds. The van der Waals surface area contributed by atoms with Crippen LogP contribution in [-0.2, 0) is 28.7 Å². The molecule has 2 saturated heterocycles. The number of fused-ring (bicyclic) bond motifs is 2. The monoisotopic (exact) mass is 685 g/mol. The number of rotatable bonds is 7. The summed E-state index contributed by atoms with van der Waals surface area (Å²) < 4.78 is 13.4. The summed E-state index contributed by atoms with van der Waals surface area (Å²) in [4.78, 5) is 61.2. The highest BCUT2D eigenvalue weighted by molar-refractivity contribution is 9.11. The van der Waals surface area contributed by atoms with Crippen molar-refractivity contribution in [2.45, 2.75) is 88.8 Å². The number of aliphatic hydroxyl groups is 1. The first-order valence-corrected chi connectivity index (χ1v) is 16.8. The Labute approximate surface area is 273 Å². The van der Waals surface area contributed by atoms with E-state index in [1.54, 1.807) is 29.8 Å². The number of halogens is 1.